The Morgan fingerprint density at radius 1 is 1.00 bits per heavy atom. The number of aromatic nitrogens is 2. The number of para-hydroxylation sites is 1. The van der Waals surface area contributed by atoms with E-state index >= 15 is 0 Å². The molecule has 5 nitrogen and oxygen atoms in total. The second-order valence-electron chi connectivity index (χ2n) is 7.85. The number of hydrogen-bond acceptors (Lipinski definition) is 4. The fourth-order valence-electron chi connectivity index (χ4n) is 3.67. The van der Waals surface area contributed by atoms with Gasteiger partial charge in [0.05, 0.1) is 12.2 Å². The van der Waals surface area contributed by atoms with E-state index in [0.29, 0.717) is 25.3 Å². The highest BCUT2D eigenvalue weighted by Gasteiger charge is 2.14. The summed E-state index contributed by atoms with van der Waals surface area (Å²) in [6.07, 6.45) is 3.48. The van der Waals surface area contributed by atoms with E-state index in [9.17, 15) is 4.79 Å². The zero-order chi connectivity index (χ0) is 22.5. The van der Waals surface area contributed by atoms with Crippen LogP contribution in [0.2, 0.25) is 0 Å². The van der Waals surface area contributed by atoms with Crippen molar-refractivity contribution in [3.8, 4) is 5.75 Å². The molecule has 0 saturated carbocycles. The van der Waals surface area contributed by atoms with Crippen molar-refractivity contribution < 1.29 is 4.74 Å². The standard InChI is InChI=1S/C27H27N3O2/c1-4-15-32-25-10-6-5-9-22(25)18-29(24-13-12-20(2)21(3)16-24)19-23-17-27(31)30-14-8-7-11-26(30)28-23/h4-14,16-17H,1,15,18-19H2,2-3H3. The molecular weight excluding hydrogens is 398 g/mol. The highest BCUT2D eigenvalue weighted by molar-refractivity contribution is 5.52. The molecule has 0 aliphatic rings. The van der Waals surface area contributed by atoms with E-state index in [4.69, 9.17) is 9.72 Å². The molecule has 0 saturated heterocycles. The molecule has 0 bridgehead atoms. The molecule has 0 fully saturated rings. The van der Waals surface area contributed by atoms with E-state index in [1.54, 1.807) is 22.7 Å². The van der Waals surface area contributed by atoms with Gasteiger partial charge >= 0.3 is 0 Å². The number of aryl methyl sites for hydroxylation is 2. The summed E-state index contributed by atoms with van der Waals surface area (Å²) in [6, 6.07) is 21.6. The van der Waals surface area contributed by atoms with Crippen LogP contribution in [0.3, 0.4) is 0 Å². The number of benzene rings is 2. The van der Waals surface area contributed by atoms with Crippen molar-refractivity contribution in [2.45, 2.75) is 26.9 Å². The highest BCUT2D eigenvalue weighted by Crippen LogP contribution is 2.26. The van der Waals surface area contributed by atoms with Crippen LogP contribution in [0.4, 0.5) is 5.69 Å². The van der Waals surface area contributed by atoms with Crippen molar-refractivity contribution in [3.05, 3.63) is 118 Å². The molecule has 0 N–H and O–H groups in total. The first-order valence-electron chi connectivity index (χ1n) is 10.7. The van der Waals surface area contributed by atoms with E-state index in [1.807, 2.05) is 36.4 Å². The van der Waals surface area contributed by atoms with Crippen molar-refractivity contribution in [3.63, 3.8) is 0 Å². The van der Waals surface area contributed by atoms with Crippen LogP contribution < -0.4 is 15.2 Å². The minimum atomic E-state index is -0.0830. The number of fused-ring (bicyclic) bond motifs is 1. The molecule has 0 aliphatic heterocycles. The second-order valence-corrected chi connectivity index (χ2v) is 7.85. The number of ether oxygens (including phenoxy) is 1. The maximum Gasteiger partial charge on any atom is 0.258 e. The van der Waals surface area contributed by atoms with Crippen LogP contribution in [0.25, 0.3) is 5.65 Å². The Hall–Kier alpha value is -3.86. The summed E-state index contributed by atoms with van der Waals surface area (Å²) in [5.41, 5.74) is 5.88. The number of anilines is 1. The van der Waals surface area contributed by atoms with Crippen molar-refractivity contribution in [2.24, 2.45) is 0 Å². The van der Waals surface area contributed by atoms with Crippen molar-refractivity contribution in [1.29, 1.82) is 0 Å². The molecule has 0 atom stereocenters. The van der Waals surface area contributed by atoms with Gasteiger partial charge in [-0.05, 0) is 55.3 Å². The van der Waals surface area contributed by atoms with Crippen molar-refractivity contribution in [2.75, 3.05) is 11.5 Å². The lowest BCUT2D eigenvalue weighted by molar-refractivity contribution is 0.359. The summed E-state index contributed by atoms with van der Waals surface area (Å²) in [5, 5.41) is 0. The average Bonchev–Trinajstić information content (AvgIpc) is 2.80. The van der Waals surface area contributed by atoms with Crippen molar-refractivity contribution >= 4 is 11.3 Å². The van der Waals surface area contributed by atoms with E-state index in [-0.39, 0.29) is 5.56 Å². The van der Waals surface area contributed by atoms with Crippen LogP contribution in [0, 0.1) is 13.8 Å². The predicted molar refractivity (Wildman–Crippen MR) is 129 cm³/mol. The summed E-state index contributed by atoms with van der Waals surface area (Å²) in [7, 11) is 0. The van der Waals surface area contributed by atoms with E-state index in [0.717, 1.165) is 22.7 Å². The summed E-state index contributed by atoms with van der Waals surface area (Å²) < 4.78 is 7.44. The monoisotopic (exact) mass is 425 g/mol. The first-order chi connectivity index (χ1) is 15.5. The summed E-state index contributed by atoms with van der Waals surface area (Å²) >= 11 is 0. The lowest BCUT2D eigenvalue weighted by Gasteiger charge is -2.26. The molecule has 4 rings (SSSR count). The summed E-state index contributed by atoms with van der Waals surface area (Å²) in [5.74, 6) is 0.827. The maximum absolute atomic E-state index is 12.6. The summed E-state index contributed by atoms with van der Waals surface area (Å²) in [6.45, 7) is 9.52. The topological polar surface area (TPSA) is 46.8 Å². The van der Waals surface area contributed by atoms with E-state index in [2.05, 4.69) is 49.6 Å². The molecule has 0 aliphatic carbocycles. The zero-order valence-corrected chi connectivity index (χ0v) is 18.5. The number of nitrogens with zero attached hydrogens (tertiary/aromatic N) is 3. The molecule has 0 radical (unpaired) electrons. The largest absolute Gasteiger partial charge is 0.489 e. The molecule has 162 valence electrons. The third kappa shape index (κ3) is 4.72. The van der Waals surface area contributed by atoms with Crippen LogP contribution >= 0.6 is 0 Å². The fourth-order valence-corrected chi connectivity index (χ4v) is 3.67. The van der Waals surface area contributed by atoms with Gasteiger partial charge in [-0.15, -0.1) is 0 Å². The van der Waals surface area contributed by atoms with Gasteiger partial charge in [-0.25, -0.2) is 4.98 Å². The fraction of sp³-hybridized carbons (Fsp3) is 0.185. The van der Waals surface area contributed by atoms with Crippen molar-refractivity contribution in [1.82, 2.24) is 9.38 Å². The number of hydrogen-bond donors (Lipinski definition) is 0. The van der Waals surface area contributed by atoms with Crippen LogP contribution in [-0.2, 0) is 13.1 Å². The van der Waals surface area contributed by atoms with Gasteiger partial charge in [0.15, 0.2) is 0 Å². The Kier molecular flexibility index (Phi) is 6.36. The smallest absolute Gasteiger partial charge is 0.258 e. The molecule has 32 heavy (non-hydrogen) atoms. The minimum absolute atomic E-state index is 0.0830. The number of pyridine rings is 1. The Labute approximate surface area is 188 Å². The van der Waals surface area contributed by atoms with E-state index < -0.39 is 0 Å². The Morgan fingerprint density at radius 3 is 2.62 bits per heavy atom. The van der Waals surface area contributed by atoms with Gasteiger partial charge in [-0.3, -0.25) is 9.20 Å². The molecule has 0 unspecified atom stereocenters. The van der Waals surface area contributed by atoms with Crippen LogP contribution in [0.1, 0.15) is 22.4 Å². The van der Waals surface area contributed by atoms with Gasteiger partial charge in [0.2, 0.25) is 0 Å². The SMILES string of the molecule is C=CCOc1ccccc1CN(Cc1cc(=O)n2ccccc2n1)c1ccc(C)c(C)c1. The summed E-state index contributed by atoms with van der Waals surface area (Å²) in [4.78, 5) is 19.6. The molecule has 5 heteroatoms. The molecule has 2 aromatic carbocycles. The van der Waals surface area contributed by atoms with Gasteiger partial charge in [0, 0.05) is 30.1 Å². The third-order valence-corrected chi connectivity index (χ3v) is 5.52. The molecule has 0 amide bonds. The average molecular weight is 426 g/mol. The van der Waals surface area contributed by atoms with Gasteiger partial charge in [0.1, 0.15) is 18.0 Å². The minimum Gasteiger partial charge on any atom is -0.489 e. The molecule has 2 aromatic heterocycles. The zero-order valence-electron chi connectivity index (χ0n) is 18.5. The lowest BCUT2D eigenvalue weighted by Crippen LogP contribution is -2.25. The quantitative estimate of drug-likeness (QED) is 0.369. The Bertz CT molecular complexity index is 1310. The van der Waals surface area contributed by atoms with Crippen LogP contribution in [0.5, 0.6) is 5.75 Å². The lowest BCUT2D eigenvalue weighted by atomic mass is 10.1. The third-order valence-electron chi connectivity index (χ3n) is 5.52. The number of rotatable bonds is 8. The maximum atomic E-state index is 12.6. The molecule has 4 aromatic rings. The van der Waals surface area contributed by atoms with Crippen LogP contribution in [-0.4, -0.2) is 16.0 Å². The highest BCUT2D eigenvalue weighted by atomic mass is 16.5. The first-order valence-corrected chi connectivity index (χ1v) is 10.7. The Morgan fingerprint density at radius 2 is 1.81 bits per heavy atom. The van der Waals surface area contributed by atoms with Gasteiger partial charge in [-0.2, -0.15) is 0 Å². The van der Waals surface area contributed by atoms with E-state index in [1.165, 1.54) is 11.1 Å². The van der Waals surface area contributed by atoms with Crippen LogP contribution in [0.15, 0.2) is 90.4 Å². The second kappa shape index (κ2) is 9.52. The first kappa shape index (κ1) is 21.4. The normalized spacial score (nSPS) is 10.8. The van der Waals surface area contributed by atoms with Gasteiger partial charge in [-0.1, -0.05) is 43.0 Å². The van der Waals surface area contributed by atoms with Gasteiger partial charge < -0.3 is 9.64 Å². The molecule has 0 spiro atoms. The molecular formula is C27H27N3O2. The molecule has 2 heterocycles. The predicted octanol–water partition coefficient (Wildman–Crippen LogP) is 5.08. The Balaban J connectivity index is 1.73. The van der Waals surface area contributed by atoms with Gasteiger partial charge in [0.25, 0.3) is 5.56 Å².